The number of methoxy groups -OCH3 is 1. The van der Waals surface area contributed by atoms with E-state index < -0.39 is 16.1 Å². The molecule has 1 aliphatic rings. The Labute approximate surface area is 198 Å². The fourth-order valence-electron chi connectivity index (χ4n) is 3.65. The molecule has 1 N–H and O–H groups in total. The Morgan fingerprint density at radius 3 is 2.41 bits per heavy atom. The van der Waals surface area contributed by atoms with E-state index in [0.29, 0.717) is 23.6 Å². The Morgan fingerprint density at radius 1 is 1.00 bits per heavy atom. The van der Waals surface area contributed by atoms with Crippen LogP contribution >= 0.6 is 0 Å². The maximum atomic E-state index is 13.3. The second-order valence-electron chi connectivity index (χ2n) is 7.83. The van der Waals surface area contributed by atoms with Gasteiger partial charge in [-0.1, -0.05) is 47.1 Å². The summed E-state index contributed by atoms with van der Waals surface area (Å²) in [6.07, 6.45) is -0.273. The maximum Gasteiger partial charge on any atom is 0.437 e. The molecule has 0 radical (unpaired) electrons. The number of sulfonamides is 1. The van der Waals surface area contributed by atoms with Crippen LogP contribution < -0.4 is 10.1 Å². The Hall–Kier alpha value is -3.69. The van der Waals surface area contributed by atoms with Crippen LogP contribution in [-0.4, -0.2) is 44.7 Å². The number of hydrogen-bond donors (Lipinski definition) is 1. The molecule has 0 fully saturated rings. The minimum absolute atomic E-state index is 0.0248. The lowest BCUT2D eigenvalue weighted by molar-refractivity contribution is 0.166. The van der Waals surface area contributed by atoms with Crippen molar-refractivity contribution in [2.24, 2.45) is 5.16 Å². The molecule has 0 unspecified atom stereocenters. The number of fused-ring (bicyclic) bond motifs is 1. The van der Waals surface area contributed by atoms with Crippen molar-refractivity contribution in [1.82, 2.24) is 4.31 Å². The van der Waals surface area contributed by atoms with Crippen LogP contribution in [0.5, 0.6) is 5.75 Å². The van der Waals surface area contributed by atoms with E-state index in [9.17, 15) is 13.2 Å². The first-order valence-corrected chi connectivity index (χ1v) is 12.1. The third-order valence-electron chi connectivity index (χ3n) is 5.52. The van der Waals surface area contributed by atoms with E-state index in [1.54, 1.807) is 55.6 Å². The number of carbonyl (C=O) groups excluding carboxylic acids is 1. The quantitative estimate of drug-likeness (QED) is 0.437. The summed E-state index contributed by atoms with van der Waals surface area (Å²) in [7, 11) is -2.21. The van der Waals surface area contributed by atoms with E-state index in [4.69, 9.17) is 9.57 Å². The number of ether oxygens (including phenoxy) is 1. The zero-order valence-corrected chi connectivity index (χ0v) is 19.7. The molecule has 4 rings (SSSR count). The number of rotatable bonds is 5. The van der Waals surface area contributed by atoms with Crippen LogP contribution in [0.15, 0.2) is 82.8 Å². The normalized spacial score (nSPS) is 15.3. The monoisotopic (exact) mass is 479 g/mol. The number of benzene rings is 3. The highest BCUT2D eigenvalue weighted by Gasteiger charge is 2.29. The van der Waals surface area contributed by atoms with Gasteiger partial charge < -0.3 is 4.74 Å². The van der Waals surface area contributed by atoms with Crippen molar-refractivity contribution >= 4 is 27.5 Å². The second kappa shape index (κ2) is 10.1. The van der Waals surface area contributed by atoms with E-state index >= 15 is 0 Å². The molecule has 0 aromatic heterocycles. The number of aryl methyl sites for hydroxylation is 1. The van der Waals surface area contributed by atoms with Crippen molar-refractivity contribution in [2.45, 2.75) is 18.2 Å². The molecule has 8 nitrogen and oxygen atoms in total. The Bertz CT molecular complexity index is 1300. The van der Waals surface area contributed by atoms with Crippen LogP contribution in [0.25, 0.3) is 0 Å². The lowest BCUT2D eigenvalue weighted by Crippen LogP contribution is -2.36. The lowest BCUT2D eigenvalue weighted by Gasteiger charge is -2.20. The summed E-state index contributed by atoms with van der Waals surface area (Å²) in [4.78, 5) is 17.7. The Balaban J connectivity index is 1.57. The number of nitrogens with zero attached hydrogens (tertiary/aromatic N) is 2. The minimum Gasteiger partial charge on any atom is -0.497 e. The van der Waals surface area contributed by atoms with Crippen LogP contribution in [0.4, 0.5) is 10.5 Å². The van der Waals surface area contributed by atoms with Crippen LogP contribution in [0.3, 0.4) is 0 Å². The van der Waals surface area contributed by atoms with Crippen molar-refractivity contribution in [1.29, 1.82) is 0 Å². The van der Waals surface area contributed by atoms with Gasteiger partial charge in [0, 0.05) is 17.8 Å². The highest BCUT2D eigenvalue weighted by molar-refractivity contribution is 7.89. The molecule has 3 aromatic carbocycles. The third-order valence-corrected chi connectivity index (χ3v) is 7.38. The first kappa shape index (κ1) is 23.5. The molecule has 0 saturated carbocycles. The molecule has 0 spiro atoms. The van der Waals surface area contributed by atoms with Gasteiger partial charge in [0.05, 0.1) is 18.6 Å². The van der Waals surface area contributed by atoms with Gasteiger partial charge in [0.15, 0.2) is 0 Å². The maximum absolute atomic E-state index is 13.3. The zero-order valence-electron chi connectivity index (χ0n) is 18.9. The van der Waals surface area contributed by atoms with E-state index in [1.807, 2.05) is 31.2 Å². The van der Waals surface area contributed by atoms with Crippen molar-refractivity contribution in [3.63, 3.8) is 0 Å². The Morgan fingerprint density at radius 2 is 1.71 bits per heavy atom. The van der Waals surface area contributed by atoms with Crippen LogP contribution in [0.2, 0.25) is 0 Å². The van der Waals surface area contributed by atoms with E-state index in [0.717, 1.165) is 16.7 Å². The number of anilines is 1. The van der Waals surface area contributed by atoms with Crippen molar-refractivity contribution < 1.29 is 22.8 Å². The number of nitrogens with one attached hydrogen (secondary N) is 1. The highest BCUT2D eigenvalue weighted by atomic mass is 32.2. The lowest BCUT2D eigenvalue weighted by atomic mass is 10.0. The topological polar surface area (TPSA) is 97.3 Å². The molecule has 176 valence electrons. The molecule has 1 amide bonds. The van der Waals surface area contributed by atoms with Gasteiger partial charge in [-0.15, -0.1) is 0 Å². The Kier molecular flexibility index (Phi) is 6.95. The first-order valence-electron chi connectivity index (χ1n) is 10.7. The van der Waals surface area contributed by atoms with Crippen LogP contribution in [0.1, 0.15) is 16.7 Å². The number of amides is 1. The molecular weight excluding hydrogens is 454 g/mol. The van der Waals surface area contributed by atoms with E-state index in [2.05, 4.69) is 10.5 Å². The highest BCUT2D eigenvalue weighted by Crippen LogP contribution is 2.23. The molecular formula is C25H25N3O5S. The van der Waals surface area contributed by atoms with E-state index in [-0.39, 0.29) is 18.0 Å². The van der Waals surface area contributed by atoms with Crippen LogP contribution in [0, 0.1) is 6.92 Å². The predicted octanol–water partition coefficient (Wildman–Crippen LogP) is 4.20. The second-order valence-corrected chi connectivity index (χ2v) is 9.77. The SMILES string of the molecule is COc1ccc(NC(=O)ON=C2CN(S(=O)(=O)c3ccc(C)cc3)CCc3ccccc32)cc1. The van der Waals surface area contributed by atoms with Crippen LogP contribution in [-0.2, 0) is 21.3 Å². The van der Waals surface area contributed by atoms with Gasteiger partial charge in [-0.3, -0.25) is 10.2 Å². The minimum atomic E-state index is -3.76. The van der Waals surface area contributed by atoms with Gasteiger partial charge in [0.2, 0.25) is 10.0 Å². The fourth-order valence-corrected chi connectivity index (χ4v) is 5.05. The van der Waals surface area contributed by atoms with Gasteiger partial charge in [-0.25, -0.2) is 13.2 Å². The summed E-state index contributed by atoms with van der Waals surface area (Å²) < 4.78 is 33.1. The van der Waals surface area contributed by atoms with Crippen molar-refractivity contribution in [3.05, 3.63) is 89.5 Å². The summed E-state index contributed by atoms with van der Waals surface area (Å²) in [5.74, 6) is 0.657. The fraction of sp³-hybridized carbons (Fsp3) is 0.200. The van der Waals surface area contributed by atoms with Gasteiger partial charge in [-0.2, -0.15) is 4.31 Å². The first-order chi connectivity index (χ1) is 16.4. The summed E-state index contributed by atoms with van der Waals surface area (Å²) in [5, 5.41) is 6.65. The van der Waals surface area contributed by atoms with Crippen molar-refractivity contribution in [2.75, 3.05) is 25.5 Å². The molecule has 0 aliphatic carbocycles. The van der Waals surface area contributed by atoms with Crippen molar-refractivity contribution in [3.8, 4) is 5.75 Å². The number of oxime groups is 1. The molecule has 0 atom stereocenters. The summed E-state index contributed by atoms with van der Waals surface area (Å²) >= 11 is 0. The van der Waals surface area contributed by atoms with Gasteiger partial charge in [-0.05, 0) is 55.3 Å². The summed E-state index contributed by atoms with van der Waals surface area (Å²) in [5.41, 5.74) is 3.52. The van der Waals surface area contributed by atoms with Gasteiger partial charge in [0.25, 0.3) is 0 Å². The molecule has 34 heavy (non-hydrogen) atoms. The summed E-state index contributed by atoms with van der Waals surface area (Å²) in [6.45, 7) is 2.16. The average molecular weight is 480 g/mol. The third kappa shape index (κ3) is 5.27. The molecule has 1 aliphatic heterocycles. The smallest absolute Gasteiger partial charge is 0.437 e. The number of hydrogen-bond acceptors (Lipinski definition) is 6. The number of carbonyl (C=O) groups is 1. The zero-order chi connectivity index (χ0) is 24.1. The molecule has 1 heterocycles. The molecule has 0 saturated heterocycles. The molecule has 9 heteroatoms. The largest absolute Gasteiger partial charge is 0.497 e. The van der Waals surface area contributed by atoms with E-state index in [1.165, 1.54) is 4.31 Å². The van der Waals surface area contributed by atoms with Gasteiger partial charge >= 0.3 is 6.09 Å². The molecule has 3 aromatic rings. The molecule has 0 bridgehead atoms. The summed E-state index contributed by atoms with van der Waals surface area (Å²) in [6, 6.07) is 21.0. The van der Waals surface area contributed by atoms with Gasteiger partial charge in [0.1, 0.15) is 11.5 Å². The standard InChI is InChI=1S/C25H25N3O5S/c1-18-7-13-22(14-8-18)34(30,31)28-16-15-19-5-3-4-6-23(19)24(17-28)27-33-25(29)26-20-9-11-21(32-2)12-10-20/h3-14H,15-17H2,1-2H3,(H,26,29). The predicted molar refractivity (Wildman–Crippen MR) is 130 cm³/mol. The average Bonchev–Trinajstić information content (AvgIpc) is 3.04.